The number of rotatable bonds is 5. The summed E-state index contributed by atoms with van der Waals surface area (Å²) in [7, 11) is 0. The Morgan fingerprint density at radius 3 is 2.48 bits per heavy atom. The number of carbonyl (C=O) groups excluding carboxylic acids is 2. The van der Waals surface area contributed by atoms with Crippen molar-refractivity contribution in [3.63, 3.8) is 0 Å². The highest BCUT2D eigenvalue weighted by molar-refractivity contribution is 5.88. The van der Waals surface area contributed by atoms with E-state index in [9.17, 15) is 9.59 Å². The number of ketones is 1. The largest absolute Gasteiger partial charge is 0.334 e. The second-order valence-corrected chi connectivity index (χ2v) is 5.38. The van der Waals surface area contributed by atoms with Gasteiger partial charge in [-0.05, 0) is 29.7 Å². The third-order valence-electron chi connectivity index (χ3n) is 3.54. The first-order valence-electron chi connectivity index (χ1n) is 7.01. The van der Waals surface area contributed by atoms with Crippen LogP contribution in [0, 0.1) is 5.92 Å². The highest BCUT2D eigenvalue weighted by Crippen LogP contribution is 2.18. The van der Waals surface area contributed by atoms with Crippen LogP contribution in [-0.4, -0.2) is 17.9 Å². The van der Waals surface area contributed by atoms with E-state index in [1.807, 2.05) is 25.1 Å². The van der Waals surface area contributed by atoms with E-state index in [0.717, 1.165) is 10.9 Å². The molecule has 4 nitrogen and oxygen atoms in total. The average molecular weight is 284 g/mol. The predicted octanol–water partition coefficient (Wildman–Crippen LogP) is 2.01. The third kappa shape index (κ3) is 3.89. The number of hydrogen-bond donors (Lipinski definition) is 2. The van der Waals surface area contributed by atoms with Crippen molar-refractivity contribution in [1.82, 2.24) is 5.32 Å². The summed E-state index contributed by atoms with van der Waals surface area (Å²) in [6.07, 6.45) is -0.307. The molecule has 1 amide bonds. The van der Waals surface area contributed by atoms with Crippen LogP contribution in [0.5, 0.6) is 0 Å². The molecule has 3 N–H and O–H groups in total. The van der Waals surface area contributed by atoms with Gasteiger partial charge in [0.1, 0.15) is 6.17 Å². The van der Waals surface area contributed by atoms with E-state index in [2.05, 4.69) is 29.6 Å². The van der Waals surface area contributed by atoms with Gasteiger partial charge in [-0.2, -0.15) is 0 Å². The summed E-state index contributed by atoms with van der Waals surface area (Å²) in [6.45, 7) is 3.19. The smallest absolute Gasteiger partial charge is 0.224 e. The Labute approximate surface area is 124 Å². The minimum Gasteiger partial charge on any atom is -0.334 e. The lowest BCUT2D eigenvalue weighted by molar-refractivity contribution is -0.129. The molecule has 0 bridgehead atoms. The van der Waals surface area contributed by atoms with Crippen molar-refractivity contribution in [3.05, 3.63) is 48.0 Å². The number of fused-ring (bicyclic) bond motifs is 1. The monoisotopic (exact) mass is 284 g/mol. The number of nitrogens with one attached hydrogen (secondary N) is 1. The standard InChI is InChI=1S/C17H20N2O2/c1-11(17(21)19-16(18)12(2)20)9-13-7-8-14-5-3-4-6-15(14)10-13/h3-8,10-11,16H,9,18H2,1-2H3,(H,19,21)/t11-,16+/m0/s1. The first-order valence-corrected chi connectivity index (χ1v) is 7.01. The highest BCUT2D eigenvalue weighted by Gasteiger charge is 2.18. The van der Waals surface area contributed by atoms with Crippen molar-refractivity contribution < 1.29 is 9.59 Å². The molecule has 0 aliphatic heterocycles. The lowest BCUT2D eigenvalue weighted by atomic mass is 9.98. The summed E-state index contributed by atoms with van der Waals surface area (Å²) < 4.78 is 0. The van der Waals surface area contributed by atoms with Gasteiger partial charge in [0, 0.05) is 5.92 Å². The quantitative estimate of drug-likeness (QED) is 0.825. The van der Waals surface area contributed by atoms with E-state index in [0.29, 0.717) is 6.42 Å². The van der Waals surface area contributed by atoms with Crippen LogP contribution in [0.1, 0.15) is 19.4 Å². The van der Waals surface area contributed by atoms with Gasteiger partial charge in [0.05, 0.1) is 0 Å². The summed E-state index contributed by atoms with van der Waals surface area (Å²) in [5.41, 5.74) is 6.63. The van der Waals surface area contributed by atoms with Gasteiger partial charge < -0.3 is 11.1 Å². The zero-order valence-electron chi connectivity index (χ0n) is 12.3. The Kier molecular flexibility index (Phi) is 4.70. The van der Waals surface area contributed by atoms with E-state index in [1.165, 1.54) is 12.3 Å². The maximum Gasteiger partial charge on any atom is 0.224 e. The summed E-state index contributed by atoms with van der Waals surface area (Å²) in [5.74, 6) is -0.691. The summed E-state index contributed by atoms with van der Waals surface area (Å²) >= 11 is 0. The van der Waals surface area contributed by atoms with Crippen LogP contribution in [0.25, 0.3) is 10.8 Å². The normalized spacial score (nSPS) is 13.7. The van der Waals surface area contributed by atoms with Gasteiger partial charge in [0.25, 0.3) is 0 Å². The van der Waals surface area contributed by atoms with E-state index in [1.54, 1.807) is 0 Å². The van der Waals surface area contributed by atoms with Gasteiger partial charge in [-0.3, -0.25) is 9.59 Å². The maximum absolute atomic E-state index is 12.0. The second kappa shape index (κ2) is 6.50. The molecule has 0 saturated heterocycles. The Morgan fingerprint density at radius 2 is 1.81 bits per heavy atom. The average Bonchev–Trinajstić information content (AvgIpc) is 2.46. The molecule has 110 valence electrons. The van der Waals surface area contributed by atoms with Crippen molar-refractivity contribution in [3.8, 4) is 0 Å². The number of amides is 1. The molecule has 0 unspecified atom stereocenters. The van der Waals surface area contributed by atoms with Gasteiger partial charge in [0.2, 0.25) is 5.91 Å². The van der Waals surface area contributed by atoms with E-state index < -0.39 is 6.17 Å². The molecule has 0 aromatic heterocycles. The van der Waals surface area contributed by atoms with Crippen LogP contribution in [0.3, 0.4) is 0 Å². The topological polar surface area (TPSA) is 72.2 Å². The molecular formula is C17H20N2O2. The van der Waals surface area contributed by atoms with Crippen molar-refractivity contribution >= 4 is 22.5 Å². The van der Waals surface area contributed by atoms with E-state index >= 15 is 0 Å². The molecule has 0 spiro atoms. The van der Waals surface area contributed by atoms with Gasteiger partial charge in [0.15, 0.2) is 5.78 Å². The molecule has 4 heteroatoms. The summed E-state index contributed by atoms with van der Waals surface area (Å²) in [4.78, 5) is 23.0. The Hall–Kier alpha value is -2.20. The number of hydrogen-bond acceptors (Lipinski definition) is 3. The fraction of sp³-hybridized carbons (Fsp3) is 0.294. The van der Waals surface area contributed by atoms with Crippen LogP contribution >= 0.6 is 0 Å². The SMILES string of the molecule is CC(=O)[C@H](N)NC(=O)[C@@H](C)Cc1ccc2ccccc2c1. The van der Waals surface area contributed by atoms with Crippen LogP contribution in [0.4, 0.5) is 0 Å². The highest BCUT2D eigenvalue weighted by atomic mass is 16.2. The first-order chi connectivity index (χ1) is 9.97. The number of benzene rings is 2. The van der Waals surface area contributed by atoms with Crippen LogP contribution in [0.2, 0.25) is 0 Å². The zero-order valence-corrected chi connectivity index (χ0v) is 12.3. The maximum atomic E-state index is 12.0. The molecule has 0 saturated carbocycles. The summed E-state index contributed by atoms with van der Waals surface area (Å²) in [5, 5.41) is 4.86. The summed E-state index contributed by atoms with van der Waals surface area (Å²) in [6, 6.07) is 14.3. The van der Waals surface area contributed by atoms with Crippen molar-refractivity contribution in [2.75, 3.05) is 0 Å². The minimum atomic E-state index is -0.920. The molecule has 21 heavy (non-hydrogen) atoms. The van der Waals surface area contributed by atoms with E-state index in [-0.39, 0.29) is 17.6 Å². The molecule has 0 heterocycles. The zero-order chi connectivity index (χ0) is 15.4. The van der Waals surface area contributed by atoms with Crippen LogP contribution in [-0.2, 0) is 16.0 Å². The van der Waals surface area contributed by atoms with Crippen LogP contribution in [0.15, 0.2) is 42.5 Å². The van der Waals surface area contributed by atoms with Crippen molar-refractivity contribution in [1.29, 1.82) is 0 Å². The van der Waals surface area contributed by atoms with E-state index in [4.69, 9.17) is 5.73 Å². The molecule has 0 aliphatic rings. The first kappa shape index (κ1) is 15.2. The number of nitrogens with two attached hydrogens (primary N) is 1. The van der Waals surface area contributed by atoms with Gasteiger partial charge >= 0.3 is 0 Å². The van der Waals surface area contributed by atoms with Crippen molar-refractivity contribution in [2.24, 2.45) is 11.7 Å². The Bertz CT molecular complexity index is 667. The fourth-order valence-electron chi connectivity index (χ4n) is 2.21. The van der Waals surface area contributed by atoms with Gasteiger partial charge in [-0.1, -0.05) is 49.4 Å². The molecular weight excluding hydrogens is 264 g/mol. The Morgan fingerprint density at radius 1 is 1.14 bits per heavy atom. The molecule has 0 aliphatic carbocycles. The predicted molar refractivity (Wildman–Crippen MR) is 83.6 cm³/mol. The van der Waals surface area contributed by atoms with Crippen LogP contribution < -0.4 is 11.1 Å². The van der Waals surface area contributed by atoms with Gasteiger partial charge in [-0.25, -0.2) is 0 Å². The molecule has 0 fully saturated rings. The second-order valence-electron chi connectivity index (χ2n) is 5.38. The molecule has 0 radical (unpaired) electrons. The molecule has 2 rings (SSSR count). The molecule has 2 aromatic carbocycles. The molecule has 2 aromatic rings. The van der Waals surface area contributed by atoms with Crippen molar-refractivity contribution in [2.45, 2.75) is 26.4 Å². The lowest BCUT2D eigenvalue weighted by Crippen LogP contribution is -2.48. The Balaban J connectivity index is 2.05. The third-order valence-corrected chi connectivity index (χ3v) is 3.54. The minimum absolute atomic E-state index is 0.203. The lowest BCUT2D eigenvalue weighted by Gasteiger charge is -2.15. The fourth-order valence-corrected chi connectivity index (χ4v) is 2.21. The number of carbonyl (C=O) groups is 2. The van der Waals surface area contributed by atoms with Gasteiger partial charge in [-0.15, -0.1) is 0 Å². The molecule has 2 atom stereocenters. The number of Topliss-reactive ketones (excluding diaryl/α,β-unsaturated/α-hetero) is 1.